The molecule has 0 aliphatic carbocycles. The first-order valence-electron chi connectivity index (χ1n) is 10.2. The highest BCUT2D eigenvalue weighted by molar-refractivity contribution is 6.47. The Morgan fingerprint density at radius 2 is 1.82 bits per heavy atom. The predicted molar refractivity (Wildman–Crippen MR) is 113 cm³/mol. The molecule has 1 heterocycles. The molecule has 1 aliphatic rings. The minimum atomic E-state index is -2.98. The predicted octanol–water partition coefficient (Wildman–Crippen LogP) is 2.53. The Labute approximate surface area is 189 Å². The zero-order chi connectivity index (χ0) is 24.0. The fraction of sp³-hybridized carbons (Fsp3) is 0.318. The molecule has 11 heteroatoms. The summed E-state index contributed by atoms with van der Waals surface area (Å²) in [6.45, 7) is 0.0951. The molecule has 0 radical (unpaired) electrons. The van der Waals surface area contributed by atoms with Gasteiger partial charge in [0.05, 0.1) is 11.5 Å². The van der Waals surface area contributed by atoms with Crippen LogP contribution in [0.15, 0.2) is 48.5 Å². The number of hydrogen-bond donors (Lipinski definition) is 2. The number of carbonyl (C=O) groups excluding carboxylic acids is 3. The highest BCUT2D eigenvalue weighted by Gasteiger charge is 2.38. The highest BCUT2D eigenvalue weighted by Crippen LogP contribution is 2.31. The van der Waals surface area contributed by atoms with E-state index in [1.807, 2.05) is 0 Å². The van der Waals surface area contributed by atoms with Crippen LogP contribution in [0.25, 0.3) is 0 Å². The van der Waals surface area contributed by atoms with Gasteiger partial charge in [0, 0.05) is 12.8 Å². The number of halogens is 2. The van der Waals surface area contributed by atoms with Crippen LogP contribution in [-0.2, 0) is 20.7 Å². The number of amides is 1. The Hall–Kier alpha value is -3.47. The van der Waals surface area contributed by atoms with Crippen molar-refractivity contribution in [2.45, 2.75) is 38.0 Å². The number of hydrogen-bond acceptors (Lipinski definition) is 7. The second kappa shape index (κ2) is 10.4. The van der Waals surface area contributed by atoms with Gasteiger partial charge in [-0.15, -0.1) is 0 Å². The van der Waals surface area contributed by atoms with Crippen LogP contribution >= 0.6 is 0 Å². The molecule has 0 saturated heterocycles. The summed E-state index contributed by atoms with van der Waals surface area (Å²) in [5.41, 5.74) is 0.799. The summed E-state index contributed by atoms with van der Waals surface area (Å²) < 4.78 is 41.2. The molecule has 0 bridgehead atoms. The smallest absolute Gasteiger partial charge is 0.534 e. The summed E-state index contributed by atoms with van der Waals surface area (Å²) in [4.78, 5) is 36.3. The average molecular weight is 461 g/mol. The summed E-state index contributed by atoms with van der Waals surface area (Å²) in [5, 5.41) is 12.7. The summed E-state index contributed by atoms with van der Waals surface area (Å²) in [5.74, 6) is -5.94. The van der Waals surface area contributed by atoms with Gasteiger partial charge in [0.1, 0.15) is 11.3 Å². The van der Waals surface area contributed by atoms with Gasteiger partial charge in [0.2, 0.25) is 18.6 Å². The molecule has 0 aromatic heterocycles. The topological polar surface area (TPSA) is 111 Å². The molecule has 1 amide bonds. The van der Waals surface area contributed by atoms with Gasteiger partial charge in [-0.2, -0.15) is 0 Å². The second-order valence-corrected chi connectivity index (χ2v) is 7.60. The number of nitrogens with one attached hydrogen (secondary N) is 1. The quantitative estimate of drug-likeness (QED) is 0.353. The minimum absolute atomic E-state index is 0.00212. The van der Waals surface area contributed by atoms with Crippen LogP contribution < -0.4 is 9.97 Å². The number of esters is 2. The van der Waals surface area contributed by atoms with Crippen LogP contribution in [0, 0.1) is 0 Å². The number of ether oxygens (including phenoxy) is 2. The van der Waals surface area contributed by atoms with Gasteiger partial charge in [-0.25, -0.2) is 18.4 Å². The Kier molecular flexibility index (Phi) is 7.65. The van der Waals surface area contributed by atoms with Gasteiger partial charge < -0.3 is 24.5 Å². The van der Waals surface area contributed by atoms with Crippen molar-refractivity contribution in [1.29, 1.82) is 0 Å². The van der Waals surface area contributed by atoms with Crippen molar-refractivity contribution in [2.75, 3.05) is 6.79 Å². The van der Waals surface area contributed by atoms with E-state index in [-0.39, 0.29) is 17.7 Å². The number of para-hydroxylation sites is 1. The summed E-state index contributed by atoms with van der Waals surface area (Å²) in [6, 6.07) is 12.8. The van der Waals surface area contributed by atoms with Crippen molar-refractivity contribution in [3.63, 3.8) is 0 Å². The molecule has 3 rings (SSSR count). The number of fused-ring (bicyclic) bond motifs is 1. The van der Waals surface area contributed by atoms with E-state index in [2.05, 4.69) is 5.32 Å². The van der Waals surface area contributed by atoms with Crippen molar-refractivity contribution in [1.82, 2.24) is 5.32 Å². The zero-order valence-electron chi connectivity index (χ0n) is 17.8. The molecule has 1 atom stereocenters. The molecule has 2 N–H and O–H groups in total. The summed E-state index contributed by atoms with van der Waals surface area (Å²) in [6.07, 6.45) is -0.924. The third kappa shape index (κ3) is 6.76. The van der Waals surface area contributed by atoms with Crippen LogP contribution in [0.2, 0.25) is 0 Å². The van der Waals surface area contributed by atoms with E-state index < -0.39 is 56.5 Å². The van der Waals surface area contributed by atoms with E-state index in [9.17, 15) is 28.2 Å². The maximum Gasteiger partial charge on any atom is 0.547 e. The number of alkyl halides is 2. The summed E-state index contributed by atoms with van der Waals surface area (Å²) >= 11 is 0. The molecule has 2 aromatic rings. The molecule has 8 nitrogen and oxygen atoms in total. The van der Waals surface area contributed by atoms with Crippen molar-refractivity contribution in [3.05, 3.63) is 65.2 Å². The van der Waals surface area contributed by atoms with E-state index in [0.717, 1.165) is 6.92 Å². The van der Waals surface area contributed by atoms with Gasteiger partial charge in [-0.3, -0.25) is 4.79 Å². The van der Waals surface area contributed by atoms with Gasteiger partial charge >= 0.3 is 19.1 Å². The Morgan fingerprint density at radius 3 is 2.52 bits per heavy atom. The van der Waals surface area contributed by atoms with E-state index >= 15 is 0 Å². The van der Waals surface area contributed by atoms with E-state index in [1.165, 1.54) is 6.07 Å². The molecule has 33 heavy (non-hydrogen) atoms. The van der Waals surface area contributed by atoms with Crippen molar-refractivity contribution < 1.29 is 42.3 Å². The lowest BCUT2D eigenvalue weighted by Gasteiger charge is -2.29. The SMILES string of the molecule is CC(F)(F)CCC(=O)NC1Cc2cccc(C(=O)OCOC(=O)c3ccccc3)c2OB1O. The third-order valence-corrected chi connectivity index (χ3v) is 4.87. The fourth-order valence-corrected chi connectivity index (χ4v) is 3.19. The molecule has 2 aromatic carbocycles. The van der Waals surface area contributed by atoms with Crippen LogP contribution in [0.1, 0.15) is 46.0 Å². The van der Waals surface area contributed by atoms with Crippen LogP contribution in [-0.4, -0.2) is 48.6 Å². The molecule has 0 spiro atoms. The number of rotatable bonds is 8. The standard InChI is InChI=1S/C22H22BF2NO7/c1-22(24,25)11-10-18(27)26-17-12-15-8-5-9-16(19(15)33-23(17)30)21(29)32-13-31-20(28)14-6-3-2-4-7-14/h2-9,17,30H,10-13H2,1H3,(H,26,27). The molecule has 174 valence electrons. The number of carbonyl (C=O) groups is 3. The van der Waals surface area contributed by atoms with Crippen LogP contribution in [0.5, 0.6) is 5.75 Å². The molecule has 1 unspecified atom stereocenters. The zero-order valence-corrected chi connectivity index (χ0v) is 17.8. The normalized spacial score (nSPS) is 15.2. The van der Waals surface area contributed by atoms with Gasteiger partial charge in [0.25, 0.3) is 0 Å². The van der Waals surface area contributed by atoms with E-state index in [4.69, 9.17) is 14.1 Å². The lowest BCUT2D eigenvalue weighted by atomic mass is 9.72. The van der Waals surface area contributed by atoms with Crippen LogP contribution in [0.4, 0.5) is 8.78 Å². The first-order chi connectivity index (χ1) is 15.6. The molecule has 0 saturated carbocycles. The summed E-state index contributed by atoms with van der Waals surface area (Å²) in [7, 11) is -1.51. The largest absolute Gasteiger partial charge is 0.547 e. The average Bonchev–Trinajstić information content (AvgIpc) is 2.78. The van der Waals surface area contributed by atoms with Crippen molar-refractivity contribution in [2.24, 2.45) is 0 Å². The molecule has 0 fully saturated rings. The van der Waals surface area contributed by atoms with Crippen molar-refractivity contribution in [3.8, 4) is 5.75 Å². The molecular weight excluding hydrogens is 439 g/mol. The third-order valence-electron chi connectivity index (χ3n) is 4.87. The Bertz CT molecular complexity index is 1010. The second-order valence-electron chi connectivity index (χ2n) is 7.60. The first kappa shape index (κ1) is 24.2. The van der Waals surface area contributed by atoms with E-state index in [0.29, 0.717) is 11.1 Å². The van der Waals surface area contributed by atoms with Gasteiger partial charge in [-0.05, 0) is 37.1 Å². The Morgan fingerprint density at radius 1 is 1.12 bits per heavy atom. The molecule has 1 aliphatic heterocycles. The molecular formula is C22H22BF2NO7. The van der Waals surface area contributed by atoms with Crippen LogP contribution in [0.3, 0.4) is 0 Å². The monoisotopic (exact) mass is 461 g/mol. The number of benzene rings is 2. The lowest BCUT2D eigenvalue weighted by Crippen LogP contribution is -2.53. The van der Waals surface area contributed by atoms with E-state index in [1.54, 1.807) is 42.5 Å². The first-order valence-corrected chi connectivity index (χ1v) is 10.2. The van der Waals surface area contributed by atoms with Gasteiger partial charge in [0.15, 0.2) is 0 Å². The fourth-order valence-electron chi connectivity index (χ4n) is 3.19. The maximum atomic E-state index is 12.9. The Balaban J connectivity index is 1.58. The van der Waals surface area contributed by atoms with Gasteiger partial charge in [-0.1, -0.05) is 30.3 Å². The minimum Gasteiger partial charge on any atom is -0.534 e. The van der Waals surface area contributed by atoms with Crippen molar-refractivity contribution >= 4 is 25.0 Å². The lowest BCUT2D eigenvalue weighted by molar-refractivity contribution is -0.123. The maximum absolute atomic E-state index is 12.9. The highest BCUT2D eigenvalue weighted by atomic mass is 19.3.